The van der Waals surface area contributed by atoms with E-state index in [2.05, 4.69) is 83.8 Å². The average molecular weight is 1730 g/mol. The van der Waals surface area contributed by atoms with Gasteiger partial charge in [-0.1, -0.05) is 111 Å². The van der Waals surface area contributed by atoms with Crippen molar-refractivity contribution in [2.75, 3.05) is 55.4 Å². The molecule has 10 N–H and O–H groups in total. The average Bonchev–Trinajstić information content (AvgIpc) is 0.805. The number of Topliss-reactive ketones (excluding diaryl/α,β-unsaturated/α-hetero) is 4. The van der Waals surface area contributed by atoms with E-state index < -0.39 is 0 Å². The van der Waals surface area contributed by atoms with Crippen LogP contribution in [0.2, 0.25) is 15.7 Å². The predicted molar refractivity (Wildman–Crippen MR) is 478 cm³/mol. The zero-order valence-electron chi connectivity index (χ0n) is 70.9. The summed E-state index contributed by atoms with van der Waals surface area (Å²) in [6.45, 7) is 19.9. The van der Waals surface area contributed by atoms with Crippen LogP contribution in [0.5, 0.6) is 23.0 Å². The lowest BCUT2D eigenvalue weighted by molar-refractivity contribution is -0.118. The lowest BCUT2D eigenvalue weighted by atomic mass is 10.0. The first-order chi connectivity index (χ1) is 56.5. The van der Waals surface area contributed by atoms with Gasteiger partial charge in [-0.25, -0.2) is 47.5 Å². The quantitative estimate of drug-likeness (QED) is 0.0107. The van der Waals surface area contributed by atoms with Crippen LogP contribution in [-0.2, 0) is 32.3 Å². The van der Waals surface area contributed by atoms with Gasteiger partial charge in [-0.3, -0.25) is 0 Å². The van der Waals surface area contributed by atoms with Crippen molar-refractivity contribution in [2.24, 2.45) is 11.5 Å². The zero-order chi connectivity index (χ0) is 87.2. The molecule has 23 nitrogen and oxygen atoms in total. The van der Waals surface area contributed by atoms with E-state index in [1.54, 1.807) is 74.3 Å². The van der Waals surface area contributed by atoms with Gasteiger partial charge in [0.25, 0.3) is 0 Å². The molecular weight excluding hydrogens is 1610 g/mol. The standard InChI is InChI=1S/C26H33FN4O3.C17H21ClFN3O.C17H23FN4O.C9H13NO2.C9H19NO.C8H3Cl2FN2.C2H6.ClH/c1-5-6-7-20(11-8-17(2)32)29-25-22-13-10-19(27)14-23(22)30-26(31-25)28-16-18-9-12-21(33-3)15-24(18)34-4;1-3-4-5-13(8-6-11(2)23)20-16-14-9-7-12(19)10-15(14)21-17(18)22-16;1-3-4-5-13(8-6-11(2)23)20-16-14-9-7-12(18)10-15(14)21-17(19)22-16;1-11-8-4-3-7(6-10)9(5-8)12-2;1-3-4-5-9(10)7-6-8(2)11;9-7-5-2-1-4(11)3-6(5)12-8(10)13-7;1-2;/h9-10,12-15,20H,5-8,11,16H2,1-4H3,(H2,28,29,30,31);7,9-10,13H,3-6,8H2,1-2H3,(H,20,21,22);7,9-10,13H,3-6,8H2,1-2H3,(H3,19,20,21,22);3-5H,6,10H2,1-2H3;9H,3-7,10H2,1-2H3;1-3H;1-2H3;1H/t20-;2*13-;;9-;;;/m111.1.../s1. The third-order valence-corrected chi connectivity index (χ3v) is 18.9. The molecule has 0 fully saturated rings. The topological polar surface area (TPSA) is 334 Å². The summed E-state index contributed by atoms with van der Waals surface area (Å²) in [5.74, 6) is 4.51. The molecular formula is C88H119Cl4F4N15O8. The van der Waals surface area contributed by atoms with Crippen molar-refractivity contribution < 1.29 is 55.7 Å². The van der Waals surface area contributed by atoms with Crippen molar-refractivity contribution in [3.05, 3.63) is 159 Å². The maximum absolute atomic E-state index is 14.0. The smallest absolute Gasteiger partial charge is 0.225 e. The van der Waals surface area contributed by atoms with Crippen molar-refractivity contribution in [3.8, 4) is 23.0 Å². The Morgan fingerprint density at radius 3 is 1.18 bits per heavy atom. The van der Waals surface area contributed by atoms with Crippen molar-refractivity contribution >= 4 is 143 Å². The first kappa shape index (κ1) is 104. The van der Waals surface area contributed by atoms with Crippen molar-refractivity contribution in [3.63, 3.8) is 0 Å². The van der Waals surface area contributed by atoms with Crippen LogP contribution in [0.3, 0.4) is 0 Å². The first-order valence-corrected chi connectivity index (χ1v) is 41.2. The molecule has 0 saturated heterocycles. The Morgan fingerprint density at radius 1 is 0.420 bits per heavy atom. The van der Waals surface area contributed by atoms with Gasteiger partial charge in [0.2, 0.25) is 22.5 Å². The molecule has 0 spiro atoms. The number of anilines is 5. The third-order valence-electron chi connectivity index (χ3n) is 18.3. The number of carbonyl (C=O) groups excluding carboxylic acids is 4. The van der Waals surface area contributed by atoms with Crippen LogP contribution in [0.4, 0.5) is 46.9 Å². The van der Waals surface area contributed by atoms with E-state index in [4.69, 9.17) is 75.9 Å². The Labute approximate surface area is 718 Å². The summed E-state index contributed by atoms with van der Waals surface area (Å²) < 4.78 is 74.4. The van der Waals surface area contributed by atoms with Crippen LogP contribution in [0.15, 0.2) is 109 Å². The van der Waals surface area contributed by atoms with Crippen molar-refractivity contribution in [1.29, 1.82) is 0 Å². The van der Waals surface area contributed by atoms with Crippen LogP contribution < -0.4 is 57.4 Å². The maximum atomic E-state index is 14.0. The van der Waals surface area contributed by atoms with Gasteiger partial charge in [0.1, 0.15) is 92.0 Å². The highest BCUT2D eigenvalue weighted by Crippen LogP contribution is 2.32. The Morgan fingerprint density at radius 2 is 0.773 bits per heavy atom. The second kappa shape index (κ2) is 56.7. The Balaban J connectivity index is 0.000000384. The van der Waals surface area contributed by atoms with E-state index in [9.17, 15) is 36.7 Å². The molecule has 4 heterocycles. The minimum absolute atomic E-state index is 0. The molecule has 0 aliphatic carbocycles. The molecule has 10 rings (SSSR count). The Hall–Kier alpha value is -9.64. The van der Waals surface area contributed by atoms with E-state index >= 15 is 0 Å². The van der Waals surface area contributed by atoms with Gasteiger partial charge >= 0.3 is 0 Å². The molecule has 4 atom stereocenters. The number of halogens is 8. The number of benzene rings is 6. The molecule has 10 aromatic rings. The summed E-state index contributed by atoms with van der Waals surface area (Å²) in [5.41, 5.74) is 20.7. The fraction of sp³-hybridized carbons (Fsp3) is 0.455. The van der Waals surface area contributed by atoms with E-state index in [0.29, 0.717) is 108 Å². The zero-order valence-corrected chi connectivity index (χ0v) is 74.0. The lowest BCUT2D eigenvalue weighted by Crippen LogP contribution is -2.22. The summed E-state index contributed by atoms with van der Waals surface area (Å²) >= 11 is 17.3. The summed E-state index contributed by atoms with van der Waals surface area (Å²) in [4.78, 5) is 78.1. The van der Waals surface area contributed by atoms with Gasteiger partial charge < -0.3 is 76.6 Å². The molecule has 4 aromatic heterocycles. The maximum Gasteiger partial charge on any atom is 0.225 e. The number of nitrogen functional groups attached to an aromatic ring is 1. The van der Waals surface area contributed by atoms with Gasteiger partial charge in [-0.05, 0) is 169 Å². The number of methoxy groups -OCH3 is 4. The molecule has 0 aliphatic heterocycles. The largest absolute Gasteiger partial charge is 0.497 e. The molecule has 0 radical (unpaired) electrons. The molecule has 0 saturated carbocycles. The fourth-order valence-electron chi connectivity index (χ4n) is 11.9. The van der Waals surface area contributed by atoms with Crippen molar-refractivity contribution in [1.82, 2.24) is 39.9 Å². The normalized spacial score (nSPS) is 11.5. The van der Waals surface area contributed by atoms with E-state index in [1.807, 2.05) is 50.2 Å². The van der Waals surface area contributed by atoms with Crippen LogP contribution in [0.25, 0.3) is 43.6 Å². The number of nitrogens with zero attached hydrogens (tertiary/aromatic N) is 8. The number of carbonyl (C=O) groups is 4. The number of fused-ring (bicyclic) bond motifs is 4. The summed E-state index contributed by atoms with van der Waals surface area (Å²) in [7, 11) is 6.45. The third kappa shape index (κ3) is 38.1. The highest BCUT2D eigenvalue weighted by Gasteiger charge is 2.20. The molecule has 119 heavy (non-hydrogen) atoms. The number of aromatic nitrogens is 8. The molecule has 31 heteroatoms. The van der Waals surface area contributed by atoms with E-state index in [0.717, 1.165) is 122 Å². The molecule has 0 aliphatic rings. The second-order valence-corrected chi connectivity index (χ2v) is 28.9. The second-order valence-electron chi connectivity index (χ2n) is 27.8. The number of rotatable bonds is 38. The van der Waals surface area contributed by atoms with E-state index in [1.165, 1.54) is 67.4 Å². The summed E-state index contributed by atoms with van der Waals surface area (Å²) in [6.07, 6.45) is 17.8. The number of ketones is 4. The molecule has 0 amide bonds. The minimum Gasteiger partial charge on any atom is -0.497 e. The number of nitrogens with two attached hydrogens (primary N) is 3. The number of ether oxygens (including phenoxy) is 4. The number of nitrogens with one attached hydrogen (secondary N) is 4. The monoisotopic (exact) mass is 1730 g/mol. The number of unbranched alkanes of at least 4 members (excludes halogenated alkanes) is 4. The van der Waals surface area contributed by atoms with Gasteiger partial charge in [-0.15, -0.1) is 12.4 Å². The fourth-order valence-corrected chi connectivity index (χ4v) is 12.5. The SMILES string of the molecule is CC.CCCC[C@@H](N)CCC(C)=O.CCCC[C@H](CCC(C)=O)Nc1nc(Cl)nc2cc(F)ccc12.CCCC[C@H](CCC(C)=O)Nc1nc(N)nc2cc(F)ccc12.CCCC[C@H](CCC(C)=O)Nc1nc(NCc2ccc(OC)cc2OC)nc2cc(F)ccc12.COc1ccc(CN)c(OC)c1.Cl.Fc1ccc2c(Cl)nc(Cl)nc2c1. The number of hydrogen-bond donors (Lipinski definition) is 7. The van der Waals surface area contributed by atoms with Gasteiger partial charge in [0.05, 0.1) is 50.5 Å². The molecule has 0 unspecified atom stereocenters. The molecule has 6 aromatic carbocycles. The molecule has 0 bridgehead atoms. The highest BCUT2D eigenvalue weighted by atomic mass is 35.5. The van der Waals surface area contributed by atoms with Crippen LogP contribution >= 0.6 is 47.2 Å². The van der Waals surface area contributed by atoms with Crippen molar-refractivity contribution in [2.45, 2.75) is 235 Å². The van der Waals surface area contributed by atoms with Gasteiger partial charge in [0.15, 0.2) is 0 Å². The lowest BCUT2D eigenvalue weighted by Gasteiger charge is -2.20. The Kier molecular flexibility index (Phi) is 49.4. The highest BCUT2D eigenvalue weighted by molar-refractivity contribution is 6.35. The van der Waals surface area contributed by atoms with Gasteiger partial charge in [-0.2, -0.15) is 9.97 Å². The van der Waals surface area contributed by atoms with Crippen LogP contribution in [0, 0.1) is 23.3 Å². The minimum atomic E-state index is -0.377. The number of hydrogen-bond acceptors (Lipinski definition) is 23. The van der Waals surface area contributed by atoms with Crippen LogP contribution in [-0.4, -0.2) is 116 Å². The van der Waals surface area contributed by atoms with Gasteiger partial charge in [0, 0.05) is 132 Å². The first-order valence-electron chi connectivity index (χ1n) is 40.1. The summed E-state index contributed by atoms with van der Waals surface area (Å²) in [5, 5.41) is 16.6. The van der Waals surface area contributed by atoms with E-state index in [-0.39, 0.29) is 105 Å². The summed E-state index contributed by atoms with van der Waals surface area (Å²) in [6, 6.07) is 29.0. The van der Waals surface area contributed by atoms with Crippen LogP contribution in [0.1, 0.15) is 209 Å². The molecule has 650 valence electrons. The Bertz CT molecular complexity index is 4640. The predicted octanol–water partition coefficient (Wildman–Crippen LogP) is 21.8.